The minimum atomic E-state index is -0.0403. The molecule has 0 unspecified atom stereocenters. The van der Waals surface area contributed by atoms with Crippen molar-refractivity contribution in [2.75, 3.05) is 57.3 Å². The van der Waals surface area contributed by atoms with Gasteiger partial charge in [-0.15, -0.1) is 0 Å². The zero-order valence-electron chi connectivity index (χ0n) is 26.0. The van der Waals surface area contributed by atoms with Gasteiger partial charge >= 0.3 is 0 Å². The van der Waals surface area contributed by atoms with Gasteiger partial charge in [0.2, 0.25) is 5.91 Å². The molecule has 0 spiro atoms. The molecule has 2 aromatic carbocycles. The maximum Gasteiger partial charge on any atom is 0.254 e. The molecule has 42 heavy (non-hydrogen) atoms. The lowest BCUT2D eigenvalue weighted by molar-refractivity contribution is -0.119. The summed E-state index contributed by atoms with van der Waals surface area (Å²) in [4.78, 5) is 36.2. The van der Waals surface area contributed by atoms with Crippen molar-refractivity contribution in [1.29, 1.82) is 0 Å². The fourth-order valence-electron chi connectivity index (χ4n) is 5.91. The van der Waals surface area contributed by atoms with Gasteiger partial charge in [-0.3, -0.25) is 14.5 Å². The maximum absolute atomic E-state index is 14.1. The Morgan fingerprint density at radius 3 is 2.43 bits per heavy atom. The number of carbonyl (C=O) groups excluding carboxylic acids is 2. The molecule has 0 bridgehead atoms. The second-order valence-corrected chi connectivity index (χ2v) is 12.8. The summed E-state index contributed by atoms with van der Waals surface area (Å²) in [5.41, 5.74) is 2.34. The van der Waals surface area contributed by atoms with Crippen molar-refractivity contribution in [2.24, 2.45) is 5.92 Å². The number of hydrogen-bond acceptors (Lipinski definition) is 5. The first-order valence-corrected chi connectivity index (χ1v) is 16.2. The summed E-state index contributed by atoms with van der Waals surface area (Å²) in [6.45, 7) is 15.8. The number of carbonyl (C=O) groups is 2. The van der Waals surface area contributed by atoms with Gasteiger partial charge in [0.05, 0.1) is 12.3 Å². The van der Waals surface area contributed by atoms with Crippen molar-refractivity contribution in [3.05, 3.63) is 58.6 Å². The van der Waals surface area contributed by atoms with Gasteiger partial charge in [0.25, 0.3) is 5.91 Å². The van der Waals surface area contributed by atoms with Crippen LogP contribution < -0.4 is 9.64 Å². The van der Waals surface area contributed by atoms with Crippen molar-refractivity contribution in [1.82, 2.24) is 14.7 Å². The van der Waals surface area contributed by atoms with E-state index in [0.717, 1.165) is 49.5 Å². The number of amides is 2. The smallest absolute Gasteiger partial charge is 0.254 e. The van der Waals surface area contributed by atoms with Crippen LogP contribution >= 0.6 is 11.6 Å². The molecular weight excluding hydrogens is 548 g/mol. The Morgan fingerprint density at radius 2 is 1.69 bits per heavy atom. The van der Waals surface area contributed by atoms with Crippen molar-refractivity contribution in [3.63, 3.8) is 0 Å². The molecule has 2 aliphatic heterocycles. The Bertz CT molecular complexity index is 1180. The Kier molecular flexibility index (Phi) is 12.1. The number of fused-ring (bicyclic) bond motifs is 1. The van der Waals surface area contributed by atoms with E-state index in [0.29, 0.717) is 49.3 Å². The van der Waals surface area contributed by atoms with E-state index in [9.17, 15) is 9.59 Å². The second-order valence-electron chi connectivity index (χ2n) is 12.4. The molecule has 2 amide bonds. The predicted octanol–water partition coefficient (Wildman–Crippen LogP) is 6.34. The van der Waals surface area contributed by atoms with Crippen LogP contribution in [0.2, 0.25) is 5.02 Å². The summed E-state index contributed by atoms with van der Waals surface area (Å²) >= 11 is 6.47. The van der Waals surface area contributed by atoms with Crippen LogP contribution in [0.1, 0.15) is 75.7 Å². The van der Waals surface area contributed by atoms with Gasteiger partial charge in [0.15, 0.2) is 0 Å². The van der Waals surface area contributed by atoms with E-state index in [-0.39, 0.29) is 17.7 Å². The number of hydrogen-bond donors (Lipinski definition) is 0. The molecule has 1 fully saturated rings. The lowest BCUT2D eigenvalue weighted by atomic mass is 10.1. The summed E-state index contributed by atoms with van der Waals surface area (Å²) < 4.78 is 6.07. The van der Waals surface area contributed by atoms with Crippen LogP contribution in [0.4, 0.5) is 5.69 Å². The van der Waals surface area contributed by atoms with Gasteiger partial charge < -0.3 is 19.4 Å². The minimum Gasteiger partial charge on any atom is -0.494 e. The second kappa shape index (κ2) is 15.7. The van der Waals surface area contributed by atoms with Gasteiger partial charge in [0, 0.05) is 62.3 Å². The predicted molar refractivity (Wildman–Crippen MR) is 172 cm³/mol. The molecular formula is C34H49ClN4O3. The van der Waals surface area contributed by atoms with E-state index in [1.165, 1.54) is 25.9 Å². The van der Waals surface area contributed by atoms with Crippen LogP contribution in [-0.2, 0) is 11.3 Å². The standard InChI is InChI=1S/C34H49ClN4O3/c1-26(2)22-33(40)39-18-8-17-37(27(3)4)19-20-38(25-29-12-13-30(35)24-32(29)39)34(41)28-10-7-11-31(23-28)42-21-9-16-36-14-5-6-15-36/h7,10-13,23-24,26-27H,5-6,8-9,14-22,25H2,1-4H3. The van der Waals surface area contributed by atoms with E-state index in [4.69, 9.17) is 16.3 Å². The lowest BCUT2D eigenvalue weighted by Gasteiger charge is -2.30. The van der Waals surface area contributed by atoms with Crippen LogP contribution in [-0.4, -0.2) is 85.0 Å². The monoisotopic (exact) mass is 596 g/mol. The molecule has 0 aliphatic carbocycles. The number of halogens is 1. The largest absolute Gasteiger partial charge is 0.494 e. The maximum atomic E-state index is 14.1. The summed E-state index contributed by atoms with van der Waals surface area (Å²) in [5.74, 6) is 1.03. The molecule has 8 heteroatoms. The first kappa shape index (κ1) is 32.3. The van der Waals surface area contributed by atoms with E-state index >= 15 is 0 Å². The molecule has 0 aromatic heterocycles. The summed E-state index contributed by atoms with van der Waals surface area (Å²) in [7, 11) is 0. The van der Waals surface area contributed by atoms with E-state index < -0.39 is 0 Å². The molecule has 1 saturated heterocycles. The van der Waals surface area contributed by atoms with Crippen LogP contribution in [0.5, 0.6) is 5.75 Å². The molecule has 230 valence electrons. The summed E-state index contributed by atoms with van der Waals surface area (Å²) in [5, 5.41) is 0.585. The Labute approximate surface area is 257 Å². The number of nitrogens with zero attached hydrogens (tertiary/aromatic N) is 4. The Balaban J connectivity index is 1.56. The molecule has 4 rings (SSSR count). The van der Waals surface area contributed by atoms with Crippen molar-refractivity contribution < 1.29 is 14.3 Å². The van der Waals surface area contributed by atoms with Crippen molar-refractivity contribution in [3.8, 4) is 5.75 Å². The SMILES string of the molecule is CC(C)CC(=O)N1CCCN(C(C)C)CCN(C(=O)c2cccc(OCCCN3CCCC3)c2)Cc2ccc(Cl)cc21. The van der Waals surface area contributed by atoms with Crippen LogP contribution in [0.15, 0.2) is 42.5 Å². The van der Waals surface area contributed by atoms with Gasteiger partial charge in [-0.2, -0.15) is 0 Å². The Hall–Kier alpha value is -2.61. The molecule has 0 N–H and O–H groups in total. The van der Waals surface area contributed by atoms with Crippen molar-refractivity contribution >= 4 is 29.1 Å². The lowest BCUT2D eigenvalue weighted by Crippen LogP contribution is -2.41. The summed E-state index contributed by atoms with van der Waals surface area (Å²) in [6.07, 6.45) is 4.87. The van der Waals surface area contributed by atoms with E-state index in [1.54, 1.807) is 0 Å². The summed E-state index contributed by atoms with van der Waals surface area (Å²) in [6, 6.07) is 13.6. The van der Waals surface area contributed by atoms with Crippen LogP contribution in [0, 0.1) is 5.92 Å². The number of benzene rings is 2. The van der Waals surface area contributed by atoms with Crippen LogP contribution in [0.3, 0.4) is 0 Å². The van der Waals surface area contributed by atoms with Crippen LogP contribution in [0.25, 0.3) is 0 Å². The third kappa shape index (κ3) is 9.19. The third-order valence-electron chi connectivity index (χ3n) is 8.25. The van der Waals surface area contributed by atoms with Gasteiger partial charge in [0.1, 0.15) is 5.75 Å². The molecule has 0 atom stereocenters. The molecule has 2 aliphatic rings. The highest BCUT2D eigenvalue weighted by Gasteiger charge is 2.26. The first-order valence-electron chi connectivity index (χ1n) is 15.8. The molecule has 0 saturated carbocycles. The van der Waals surface area contributed by atoms with E-state index in [2.05, 4.69) is 37.5 Å². The van der Waals surface area contributed by atoms with Gasteiger partial charge in [-0.1, -0.05) is 37.6 Å². The fraction of sp³-hybridized carbons (Fsp3) is 0.588. The third-order valence-corrected chi connectivity index (χ3v) is 8.49. The molecule has 2 heterocycles. The van der Waals surface area contributed by atoms with Crippen molar-refractivity contribution in [2.45, 2.75) is 72.4 Å². The number of rotatable bonds is 9. The minimum absolute atomic E-state index is 0.0403. The molecule has 7 nitrogen and oxygen atoms in total. The quantitative estimate of drug-likeness (QED) is 0.316. The molecule has 0 radical (unpaired) electrons. The first-order chi connectivity index (χ1) is 20.2. The average molecular weight is 597 g/mol. The average Bonchev–Trinajstić information content (AvgIpc) is 3.46. The Morgan fingerprint density at radius 1 is 0.905 bits per heavy atom. The number of likely N-dealkylation sites (tertiary alicyclic amines) is 1. The fourth-order valence-corrected chi connectivity index (χ4v) is 6.08. The highest BCUT2D eigenvalue weighted by molar-refractivity contribution is 6.31. The molecule has 2 aromatic rings. The number of ether oxygens (including phenoxy) is 1. The highest BCUT2D eigenvalue weighted by Crippen LogP contribution is 2.29. The normalized spacial score (nSPS) is 17.4. The van der Waals surface area contributed by atoms with E-state index in [1.807, 2.05) is 52.3 Å². The van der Waals surface area contributed by atoms with Gasteiger partial charge in [-0.05, 0) is 94.4 Å². The highest BCUT2D eigenvalue weighted by atomic mass is 35.5. The van der Waals surface area contributed by atoms with Gasteiger partial charge in [-0.25, -0.2) is 0 Å². The topological polar surface area (TPSA) is 56.3 Å². The zero-order valence-corrected chi connectivity index (χ0v) is 26.7. The number of anilines is 1. The zero-order chi connectivity index (χ0) is 30.1.